The molecule has 0 fully saturated rings. The topological polar surface area (TPSA) is 81.2 Å². The smallest absolute Gasteiger partial charge is 0.323 e. The molecule has 0 saturated carbocycles. The highest BCUT2D eigenvalue weighted by atomic mass is 16.5. The van der Waals surface area contributed by atoms with Gasteiger partial charge in [0.25, 0.3) is 0 Å². The molecule has 3 rings (SSSR count). The number of hydrogen-bond donors (Lipinski definition) is 2. The van der Waals surface area contributed by atoms with E-state index >= 15 is 0 Å². The summed E-state index contributed by atoms with van der Waals surface area (Å²) in [5.74, 6) is 1.79. The van der Waals surface area contributed by atoms with Crippen LogP contribution in [0.15, 0.2) is 35.9 Å². The third kappa shape index (κ3) is 6.11. The lowest BCUT2D eigenvalue weighted by Crippen LogP contribution is -2.11. The summed E-state index contributed by atoms with van der Waals surface area (Å²) < 4.78 is 11.0. The fourth-order valence-electron chi connectivity index (χ4n) is 3.08. The second-order valence-electron chi connectivity index (χ2n) is 6.57. The molecule has 0 bridgehead atoms. The Hall–Kier alpha value is -2.83. The van der Waals surface area contributed by atoms with Crippen LogP contribution in [0.4, 0.5) is 17.6 Å². The molecule has 0 atom stereocenters. The van der Waals surface area contributed by atoms with Gasteiger partial charge in [0.15, 0.2) is 0 Å². The average molecular weight is 383 g/mol. The van der Waals surface area contributed by atoms with E-state index in [9.17, 15) is 0 Å². The number of hydrogen-bond acceptors (Lipinski definition) is 7. The van der Waals surface area contributed by atoms with E-state index in [1.54, 1.807) is 0 Å². The van der Waals surface area contributed by atoms with Crippen LogP contribution in [0.3, 0.4) is 0 Å². The molecular formula is C21H29N5O2. The highest BCUT2D eigenvalue weighted by molar-refractivity contribution is 5.55. The van der Waals surface area contributed by atoms with E-state index in [1.807, 2.05) is 38.1 Å². The molecule has 0 unspecified atom stereocenters. The Morgan fingerprint density at radius 1 is 0.929 bits per heavy atom. The summed E-state index contributed by atoms with van der Waals surface area (Å²) in [6, 6.07) is 7.99. The predicted molar refractivity (Wildman–Crippen MR) is 112 cm³/mol. The van der Waals surface area contributed by atoms with Crippen LogP contribution in [-0.2, 0) is 0 Å². The van der Waals surface area contributed by atoms with Crippen molar-refractivity contribution in [3.05, 3.63) is 35.9 Å². The van der Waals surface area contributed by atoms with Crippen molar-refractivity contribution in [1.82, 2.24) is 15.0 Å². The summed E-state index contributed by atoms with van der Waals surface area (Å²) in [6.07, 6.45) is 8.38. The highest BCUT2D eigenvalue weighted by Crippen LogP contribution is 2.22. The summed E-state index contributed by atoms with van der Waals surface area (Å²) in [7, 11) is 0. The van der Waals surface area contributed by atoms with Crippen LogP contribution < -0.4 is 20.1 Å². The lowest BCUT2D eigenvalue weighted by atomic mass is 9.97. The van der Waals surface area contributed by atoms with Crippen molar-refractivity contribution >= 4 is 17.6 Å². The maximum atomic E-state index is 5.50. The van der Waals surface area contributed by atoms with Crippen LogP contribution in [-0.4, -0.2) is 34.7 Å². The fourth-order valence-corrected chi connectivity index (χ4v) is 3.08. The first-order valence-electron chi connectivity index (χ1n) is 10.1. The van der Waals surface area contributed by atoms with E-state index in [0.29, 0.717) is 31.1 Å². The van der Waals surface area contributed by atoms with E-state index in [0.717, 1.165) is 24.4 Å². The van der Waals surface area contributed by atoms with Crippen molar-refractivity contribution in [2.45, 2.75) is 46.0 Å². The minimum absolute atomic E-state index is 0.310. The highest BCUT2D eigenvalue weighted by Gasteiger charge is 2.09. The summed E-state index contributed by atoms with van der Waals surface area (Å²) in [4.78, 5) is 13.2. The van der Waals surface area contributed by atoms with Crippen LogP contribution in [0.1, 0.15) is 46.0 Å². The van der Waals surface area contributed by atoms with E-state index in [4.69, 9.17) is 9.47 Å². The van der Waals surface area contributed by atoms with Crippen LogP contribution in [0.2, 0.25) is 0 Å². The van der Waals surface area contributed by atoms with E-state index < -0.39 is 0 Å². The Morgan fingerprint density at radius 2 is 1.71 bits per heavy atom. The van der Waals surface area contributed by atoms with Crippen molar-refractivity contribution in [2.75, 3.05) is 30.4 Å². The molecule has 0 saturated heterocycles. The second-order valence-corrected chi connectivity index (χ2v) is 6.57. The Morgan fingerprint density at radius 3 is 2.43 bits per heavy atom. The first-order chi connectivity index (χ1) is 13.8. The maximum absolute atomic E-state index is 5.50. The van der Waals surface area contributed by atoms with Gasteiger partial charge in [-0.3, -0.25) is 0 Å². The maximum Gasteiger partial charge on any atom is 0.323 e. The molecule has 7 heteroatoms. The number of ether oxygens (including phenoxy) is 2. The van der Waals surface area contributed by atoms with Crippen molar-refractivity contribution in [3.8, 4) is 11.8 Å². The zero-order valence-electron chi connectivity index (χ0n) is 16.7. The molecule has 150 valence electrons. The molecule has 7 nitrogen and oxygen atoms in total. The number of anilines is 3. The van der Waals surface area contributed by atoms with Gasteiger partial charge in [-0.05, 0) is 70.2 Å². The summed E-state index contributed by atoms with van der Waals surface area (Å²) in [5, 5.41) is 6.50. The van der Waals surface area contributed by atoms with Crippen molar-refractivity contribution < 1.29 is 9.47 Å². The minimum atomic E-state index is 0.310. The van der Waals surface area contributed by atoms with Crippen LogP contribution in [0, 0.1) is 0 Å². The standard InChI is InChI=1S/C21H29N5O2/c1-3-27-18-12-10-17(11-13-18)23-20-24-19(25-21(26-20)28-4-2)22-15-14-16-8-6-5-7-9-16/h8,10-13H,3-7,9,14-15H2,1-2H3,(H2,22,23,24,25,26). The van der Waals surface area contributed by atoms with Gasteiger partial charge in [0.1, 0.15) is 5.75 Å². The Kier molecular flexibility index (Phi) is 7.46. The summed E-state index contributed by atoms with van der Waals surface area (Å²) >= 11 is 0. The Balaban J connectivity index is 1.65. The first kappa shape index (κ1) is 19.9. The zero-order valence-corrected chi connectivity index (χ0v) is 16.7. The largest absolute Gasteiger partial charge is 0.494 e. The Bertz CT molecular complexity index is 777. The molecule has 0 aliphatic heterocycles. The minimum Gasteiger partial charge on any atom is -0.494 e. The number of nitrogens with one attached hydrogen (secondary N) is 2. The molecule has 2 aromatic rings. The van der Waals surface area contributed by atoms with Gasteiger partial charge in [0.2, 0.25) is 11.9 Å². The van der Waals surface area contributed by atoms with Gasteiger partial charge in [0.05, 0.1) is 13.2 Å². The number of allylic oxidation sites excluding steroid dienone is 1. The van der Waals surface area contributed by atoms with Crippen molar-refractivity contribution in [2.24, 2.45) is 0 Å². The second kappa shape index (κ2) is 10.5. The van der Waals surface area contributed by atoms with Crippen molar-refractivity contribution in [3.63, 3.8) is 0 Å². The third-order valence-electron chi connectivity index (χ3n) is 4.42. The zero-order chi connectivity index (χ0) is 19.6. The third-order valence-corrected chi connectivity index (χ3v) is 4.42. The lowest BCUT2D eigenvalue weighted by Gasteiger charge is -2.13. The normalized spacial score (nSPS) is 13.6. The monoisotopic (exact) mass is 383 g/mol. The molecule has 28 heavy (non-hydrogen) atoms. The molecular weight excluding hydrogens is 354 g/mol. The van der Waals surface area contributed by atoms with Gasteiger partial charge in [-0.15, -0.1) is 0 Å². The molecule has 0 spiro atoms. The Labute approximate surface area is 166 Å². The molecule has 1 aromatic carbocycles. The quantitative estimate of drug-likeness (QED) is 0.575. The molecule has 1 aliphatic carbocycles. The molecule has 2 N–H and O–H groups in total. The summed E-state index contributed by atoms with van der Waals surface area (Å²) in [5.41, 5.74) is 2.39. The van der Waals surface area contributed by atoms with Gasteiger partial charge in [-0.25, -0.2) is 0 Å². The van der Waals surface area contributed by atoms with Crippen molar-refractivity contribution in [1.29, 1.82) is 0 Å². The van der Waals surface area contributed by atoms with Gasteiger partial charge in [-0.1, -0.05) is 11.6 Å². The number of nitrogens with zero attached hydrogens (tertiary/aromatic N) is 3. The first-order valence-corrected chi connectivity index (χ1v) is 10.1. The molecule has 0 amide bonds. The lowest BCUT2D eigenvalue weighted by molar-refractivity contribution is 0.312. The van der Waals surface area contributed by atoms with Gasteiger partial charge >= 0.3 is 6.01 Å². The predicted octanol–water partition coefficient (Wildman–Crippen LogP) is 4.72. The van der Waals surface area contributed by atoms with E-state index in [-0.39, 0.29) is 0 Å². The number of rotatable bonds is 10. The average Bonchev–Trinajstić information content (AvgIpc) is 2.71. The summed E-state index contributed by atoms with van der Waals surface area (Å²) in [6.45, 7) is 5.81. The fraction of sp³-hybridized carbons (Fsp3) is 0.476. The number of aromatic nitrogens is 3. The van der Waals surface area contributed by atoms with E-state index in [1.165, 1.54) is 31.3 Å². The van der Waals surface area contributed by atoms with Crippen LogP contribution in [0.5, 0.6) is 11.8 Å². The number of benzene rings is 1. The molecule has 1 aliphatic rings. The van der Waals surface area contributed by atoms with Crippen LogP contribution >= 0.6 is 0 Å². The van der Waals surface area contributed by atoms with Crippen LogP contribution in [0.25, 0.3) is 0 Å². The van der Waals surface area contributed by atoms with Gasteiger partial charge in [0, 0.05) is 12.2 Å². The van der Waals surface area contributed by atoms with Gasteiger partial charge < -0.3 is 20.1 Å². The molecule has 0 radical (unpaired) electrons. The SMILES string of the molecule is CCOc1ccc(Nc2nc(NCCC3=CCCCC3)nc(OCC)n2)cc1. The molecule has 1 aromatic heterocycles. The molecule has 1 heterocycles. The van der Waals surface area contributed by atoms with Gasteiger partial charge in [-0.2, -0.15) is 15.0 Å². The van der Waals surface area contributed by atoms with E-state index in [2.05, 4.69) is 31.7 Å².